The third kappa shape index (κ3) is 2.96. The van der Waals surface area contributed by atoms with Crippen molar-refractivity contribution in [3.8, 4) is 5.75 Å². The van der Waals surface area contributed by atoms with E-state index in [9.17, 15) is 0 Å². The van der Waals surface area contributed by atoms with Crippen LogP contribution >= 0.6 is 0 Å². The molecule has 0 radical (unpaired) electrons. The van der Waals surface area contributed by atoms with Gasteiger partial charge >= 0.3 is 0 Å². The van der Waals surface area contributed by atoms with Gasteiger partial charge in [0.05, 0.1) is 7.11 Å². The van der Waals surface area contributed by atoms with Crippen molar-refractivity contribution >= 4 is 0 Å². The van der Waals surface area contributed by atoms with Gasteiger partial charge in [-0.1, -0.05) is 18.2 Å². The van der Waals surface area contributed by atoms with Crippen LogP contribution in [0.3, 0.4) is 0 Å². The summed E-state index contributed by atoms with van der Waals surface area (Å²) in [7, 11) is 1.73. The van der Waals surface area contributed by atoms with Crippen molar-refractivity contribution in [3.63, 3.8) is 0 Å². The van der Waals surface area contributed by atoms with Crippen LogP contribution in [0.15, 0.2) is 24.3 Å². The largest absolute Gasteiger partial charge is 0.496 e. The Balaban J connectivity index is 1.95. The first kappa shape index (κ1) is 10.5. The molecule has 0 amide bonds. The molecular weight excluding hydrogens is 186 g/mol. The molecule has 1 N–H and O–H groups in total. The fourth-order valence-corrected chi connectivity index (χ4v) is 1.91. The molecule has 1 aliphatic carbocycles. The maximum Gasteiger partial charge on any atom is 0.122 e. The van der Waals surface area contributed by atoms with Crippen LogP contribution in [0.25, 0.3) is 0 Å². The highest BCUT2D eigenvalue weighted by molar-refractivity contribution is 5.33. The van der Waals surface area contributed by atoms with Gasteiger partial charge < -0.3 is 10.1 Å². The molecule has 15 heavy (non-hydrogen) atoms. The van der Waals surface area contributed by atoms with E-state index in [1.54, 1.807) is 7.11 Å². The molecule has 1 atom stereocenters. The van der Waals surface area contributed by atoms with Crippen molar-refractivity contribution in [1.82, 2.24) is 5.32 Å². The summed E-state index contributed by atoms with van der Waals surface area (Å²) in [5, 5.41) is 3.60. The van der Waals surface area contributed by atoms with Gasteiger partial charge in [-0.3, -0.25) is 0 Å². The molecular formula is C13H19NO. The summed E-state index contributed by atoms with van der Waals surface area (Å²) >= 11 is 0. The Morgan fingerprint density at radius 2 is 2.13 bits per heavy atom. The van der Waals surface area contributed by atoms with Crippen LogP contribution in [0.5, 0.6) is 5.75 Å². The third-order valence-electron chi connectivity index (χ3n) is 2.82. The highest BCUT2D eigenvalue weighted by Crippen LogP contribution is 2.22. The first-order valence-corrected chi connectivity index (χ1v) is 5.67. The monoisotopic (exact) mass is 205 g/mol. The first-order chi connectivity index (χ1) is 7.29. The molecule has 1 aliphatic rings. The molecule has 2 rings (SSSR count). The van der Waals surface area contributed by atoms with E-state index in [0.717, 1.165) is 18.2 Å². The zero-order chi connectivity index (χ0) is 10.7. The van der Waals surface area contributed by atoms with Gasteiger partial charge in [-0.2, -0.15) is 0 Å². The van der Waals surface area contributed by atoms with E-state index >= 15 is 0 Å². The summed E-state index contributed by atoms with van der Waals surface area (Å²) in [4.78, 5) is 0. The molecule has 1 aromatic rings. The Bertz CT molecular complexity index is 320. The number of nitrogens with one attached hydrogen (secondary N) is 1. The zero-order valence-electron chi connectivity index (χ0n) is 9.49. The number of rotatable bonds is 5. The molecule has 0 aromatic heterocycles. The lowest BCUT2D eigenvalue weighted by Gasteiger charge is -2.15. The van der Waals surface area contributed by atoms with Crippen molar-refractivity contribution in [2.45, 2.75) is 38.3 Å². The predicted molar refractivity (Wildman–Crippen MR) is 62.3 cm³/mol. The topological polar surface area (TPSA) is 21.3 Å². The standard InChI is InChI=1S/C13H19NO/c1-10(14-12-7-8-12)9-11-5-3-4-6-13(11)15-2/h3-6,10,12,14H,7-9H2,1-2H3/t10-/m0/s1. The molecule has 0 bridgehead atoms. The molecule has 0 saturated heterocycles. The summed E-state index contributed by atoms with van der Waals surface area (Å²) in [5.74, 6) is 1.00. The van der Waals surface area contributed by atoms with Gasteiger partial charge in [0.1, 0.15) is 5.75 Å². The number of para-hydroxylation sites is 1. The average Bonchev–Trinajstić information content (AvgIpc) is 3.02. The van der Waals surface area contributed by atoms with Crippen molar-refractivity contribution in [3.05, 3.63) is 29.8 Å². The summed E-state index contributed by atoms with van der Waals surface area (Å²) in [6.45, 7) is 2.24. The average molecular weight is 205 g/mol. The number of hydrogen-bond acceptors (Lipinski definition) is 2. The number of hydrogen-bond donors (Lipinski definition) is 1. The van der Waals surface area contributed by atoms with Crippen molar-refractivity contribution in [2.24, 2.45) is 0 Å². The van der Waals surface area contributed by atoms with Crippen molar-refractivity contribution < 1.29 is 4.74 Å². The Morgan fingerprint density at radius 3 is 2.80 bits per heavy atom. The normalized spacial score (nSPS) is 17.5. The zero-order valence-corrected chi connectivity index (χ0v) is 9.49. The lowest BCUT2D eigenvalue weighted by molar-refractivity contribution is 0.406. The molecule has 2 nitrogen and oxygen atoms in total. The fraction of sp³-hybridized carbons (Fsp3) is 0.538. The summed E-state index contributed by atoms with van der Waals surface area (Å²) in [5.41, 5.74) is 1.29. The molecule has 0 spiro atoms. The summed E-state index contributed by atoms with van der Waals surface area (Å²) < 4.78 is 5.34. The van der Waals surface area contributed by atoms with Crippen LogP contribution in [-0.4, -0.2) is 19.2 Å². The van der Waals surface area contributed by atoms with E-state index in [-0.39, 0.29) is 0 Å². The fourth-order valence-electron chi connectivity index (χ4n) is 1.91. The van der Waals surface area contributed by atoms with E-state index < -0.39 is 0 Å². The maximum atomic E-state index is 5.34. The molecule has 1 aromatic carbocycles. The van der Waals surface area contributed by atoms with Gasteiger partial charge in [0, 0.05) is 12.1 Å². The molecule has 82 valence electrons. The highest BCUT2D eigenvalue weighted by atomic mass is 16.5. The van der Waals surface area contributed by atoms with E-state index in [2.05, 4.69) is 24.4 Å². The van der Waals surface area contributed by atoms with E-state index in [1.807, 2.05) is 12.1 Å². The van der Waals surface area contributed by atoms with Crippen LogP contribution in [-0.2, 0) is 6.42 Å². The highest BCUT2D eigenvalue weighted by Gasteiger charge is 2.22. The summed E-state index contributed by atoms with van der Waals surface area (Å²) in [6.07, 6.45) is 3.73. The molecule has 0 heterocycles. The second-order valence-electron chi connectivity index (χ2n) is 4.36. The summed E-state index contributed by atoms with van der Waals surface area (Å²) in [6, 6.07) is 9.56. The lowest BCUT2D eigenvalue weighted by atomic mass is 10.1. The lowest BCUT2D eigenvalue weighted by Crippen LogP contribution is -2.29. The number of ether oxygens (including phenoxy) is 1. The molecule has 1 fully saturated rings. The number of benzene rings is 1. The third-order valence-corrected chi connectivity index (χ3v) is 2.82. The van der Waals surface area contributed by atoms with Crippen molar-refractivity contribution in [2.75, 3.05) is 7.11 Å². The molecule has 2 heteroatoms. The van der Waals surface area contributed by atoms with Crippen LogP contribution in [0.4, 0.5) is 0 Å². The SMILES string of the molecule is COc1ccccc1C[C@H](C)NC1CC1. The maximum absolute atomic E-state index is 5.34. The van der Waals surface area contributed by atoms with Crippen LogP contribution < -0.4 is 10.1 Å². The van der Waals surface area contributed by atoms with Gasteiger partial charge in [-0.15, -0.1) is 0 Å². The van der Waals surface area contributed by atoms with Crippen LogP contribution in [0.2, 0.25) is 0 Å². The first-order valence-electron chi connectivity index (χ1n) is 5.67. The second-order valence-corrected chi connectivity index (χ2v) is 4.36. The minimum atomic E-state index is 0.536. The second kappa shape index (κ2) is 4.67. The van der Waals surface area contributed by atoms with E-state index in [4.69, 9.17) is 4.74 Å². The van der Waals surface area contributed by atoms with Crippen LogP contribution in [0.1, 0.15) is 25.3 Å². The molecule has 1 saturated carbocycles. The van der Waals surface area contributed by atoms with Crippen molar-refractivity contribution in [1.29, 1.82) is 0 Å². The Hall–Kier alpha value is -1.02. The molecule has 0 aliphatic heterocycles. The van der Waals surface area contributed by atoms with Gasteiger partial charge in [-0.05, 0) is 37.8 Å². The van der Waals surface area contributed by atoms with Gasteiger partial charge in [-0.25, -0.2) is 0 Å². The Morgan fingerprint density at radius 1 is 1.40 bits per heavy atom. The van der Waals surface area contributed by atoms with Gasteiger partial charge in [0.2, 0.25) is 0 Å². The smallest absolute Gasteiger partial charge is 0.122 e. The molecule has 0 unspecified atom stereocenters. The van der Waals surface area contributed by atoms with Gasteiger partial charge in [0.15, 0.2) is 0 Å². The van der Waals surface area contributed by atoms with E-state index in [0.29, 0.717) is 6.04 Å². The van der Waals surface area contributed by atoms with Gasteiger partial charge in [0.25, 0.3) is 0 Å². The Labute approximate surface area is 91.6 Å². The number of methoxy groups -OCH3 is 1. The van der Waals surface area contributed by atoms with Crippen LogP contribution in [0, 0.1) is 0 Å². The quantitative estimate of drug-likeness (QED) is 0.797. The minimum absolute atomic E-state index is 0.536. The predicted octanol–water partition coefficient (Wildman–Crippen LogP) is 2.38. The van der Waals surface area contributed by atoms with E-state index in [1.165, 1.54) is 18.4 Å². The minimum Gasteiger partial charge on any atom is -0.496 e. The Kier molecular flexibility index (Phi) is 3.27.